The average molecular weight is 771 g/mol. The molecule has 0 spiro atoms. The molecule has 296 valence electrons. The number of nitrogens with one attached hydrogen (secondary N) is 4. The van der Waals surface area contributed by atoms with E-state index in [1.54, 1.807) is 18.0 Å². The number of imidazole rings is 2. The number of methoxy groups -OCH3 is 2. The van der Waals surface area contributed by atoms with Crippen molar-refractivity contribution >= 4 is 23.6 Å². The van der Waals surface area contributed by atoms with Crippen LogP contribution in [0.3, 0.4) is 0 Å². The molecule has 1 saturated heterocycles. The van der Waals surface area contributed by atoms with Crippen LogP contribution in [-0.4, -0.2) is 75.7 Å². The third-order valence-electron chi connectivity index (χ3n) is 12.3. The number of nitrogens with zero attached hydrogens (tertiary/aromatic N) is 3. The fraction of sp³-hybridized carbons (Fsp3) is 0.386. The second-order valence-corrected chi connectivity index (χ2v) is 15.6. The summed E-state index contributed by atoms with van der Waals surface area (Å²) in [6.07, 6.45) is 7.32. The highest BCUT2D eigenvalue weighted by molar-refractivity contribution is 5.87. The molecule has 5 aromatic rings. The monoisotopic (exact) mass is 770 g/mol. The van der Waals surface area contributed by atoms with Gasteiger partial charge < -0.3 is 40.7 Å². The van der Waals surface area contributed by atoms with Gasteiger partial charge in [-0.2, -0.15) is 0 Å². The molecule has 0 radical (unpaired) electrons. The first-order valence-electron chi connectivity index (χ1n) is 19.8. The first kappa shape index (κ1) is 37.9. The lowest BCUT2D eigenvalue weighted by Gasteiger charge is -2.30. The number of anilines is 1. The number of hydrogen-bond acceptors (Lipinski definition) is 8. The summed E-state index contributed by atoms with van der Waals surface area (Å²) >= 11 is 0. The first-order chi connectivity index (χ1) is 27.7. The van der Waals surface area contributed by atoms with E-state index < -0.39 is 18.2 Å². The zero-order chi connectivity index (χ0) is 39.6. The summed E-state index contributed by atoms with van der Waals surface area (Å²) in [7, 11) is 2.77. The molecule has 7 atom stereocenters. The number of benzene rings is 3. The molecular formula is C44H50N8O5. The minimum Gasteiger partial charge on any atom is -0.453 e. The first-order valence-corrected chi connectivity index (χ1v) is 19.8. The topological polar surface area (TPSA) is 180 Å². The molecule has 13 heteroatoms. The maximum atomic E-state index is 13.6. The fourth-order valence-corrected chi connectivity index (χ4v) is 9.26. The number of amides is 3. The van der Waals surface area contributed by atoms with Crippen LogP contribution < -0.4 is 16.4 Å². The zero-order valence-corrected chi connectivity index (χ0v) is 32.5. The second kappa shape index (κ2) is 16.3. The van der Waals surface area contributed by atoms with Gasteiger partial charge in [0.05, 0.1) is 49.0 Å². The number of carbonyl (C=O) groups excluding carboxylic acids is 3. The fourth-order valence-electron chi connectivity index (χ4n) is 9.26. The molecule has 3 aliphatic rings. The molecule has 57 heavy (non-hydrogen) atoms. The molecule has 3 heterocycles. The molecular weight excluding hydrogens is 721 g/mol. The molecule has 3 aromatic carbocycles. The van der Waals surface area contributed by atoms with Gasteiger partial charge in [0.2, 0.25) is 11.8 Å². The van der Waals surface area contributed by atoms with Gasteiger partial charge in [-0.25, -0.2) is 14.8 Å². The third-order valence-corrected chi connectivity index (χ3v) is 12.3. The van der Waals surface area contributed by atoms with E-state index in [1.807, 2.05) is 30.5 Å². The molecule has 3 amide bonds. The molecule has 13 nitrogen and oxygen atoms in total. The van der Waals surface area contributed by atoms with Gasteiger partial charge in [-0.3, -0.25) is 9.59 Å². The standard InChI is InChI=1S/C44H50N8O5/c1-25(56-2)39(51-44(55)57-3)43(54)52-19-5-8-36(52)40-46-23-34(49-40)29-13-9-27(10-14-29)28-11-15-30(16-12-28)35-24-47-41(50-35)37-31-17-18-32(21-31)38(37)42(53)48-22-26-6-4-7-33(45)20-26/h4,6-7,9-16,20,23-25,31-32,36-39H,5,8,17-19,21-22,45H2,1-3H3,(H,46,49)(H,47,50)(H,48,53)(H,51,55)/t25?,31?,32?,36-,37-,38-,39-/m0/s1. The molecule has 1 aliphatic heterocycles. The number of alkyl carbamates (subject to hydrolysis) is 1. The van der Waals surface area contributed by atoms with Gasteiger partial charge in [-0.1, -0.05) is 60.7 Å². The molecule has 2 saturated carbocycles. The highest BCUT2D eigenvalue weighted by atomic mass is 16.5. The summed E-state index contributed by atoms with van der Waals surface area (Å²) in [4.78, 5) is 57.5. The number of hydrogen-bond donors (Lipinski definition) is 5. The Labute approximate surface area is 332 Å². The number of ether oxygens (including phenoxy) is 2. The lowest BCUT2D eigenvalue weighted by Crippen LogP contribution is -2.54. The number of nitrogens with two attached hydrogens (primary N) is 1. The average Bonchev–Trinajstić information content (AvgIpc) is 4.10. The summed E-state index contributed by atoms with van der Waals surface area (Å²) in [6.45, 7) is 2.76. The van der Waals surface area contributed by atoms with E-state index in [9.17, 15) is 14.4 Å². The maximum absolute atomic E-state index is 13.6. The van der Waals surface area contributed by atoms with Crippen molar-refractivity contribution in [3.63, 3.8) is 0 Å². The van der Waals surface area contributed by atoms with Gasteiger partial charge in [0.25, 0.3) is 0 Å². The smallest absolute Gasteiger partial charge is 0.407 e. The Balaban J connectivity index is 0.916. The van der Waals surface area contributed by atoms with E-state index in [2.05, 4.69) is 74.1 Å². The largest absolute Gasteiger partial charge is 0.453 e. The number of likely N-dealkylation sites (tertiary alicyclic amines) is 1. The molecule has 2 bridgehead atoms. The van der Waals surface area contributed by atoms with Crippen LogP contribution in [0.25, 0.3) is 33.6 Å². The van der Waals surface area contributed by atoms with Crippen LogP contribution in [-0.2, 0) is 25.6 Å². The number of carbonyl (C=O) groups is 3. The van der Waals surface area contributed by atoms with Crippen molar-refractivity contribution in [2.24, 2.45) is 17.8 Å². The van der Waals surface area contributed by atoms with E-state index in [0.29, 0.717) is 36.4 Å². The van der Waals surface area contributed by atoms with Crippen molar-refractivity contribution in [3.05, 3.63) is 102 Å². The lowest BCUT2D eigenvalue weighted by molar-refractivity contribution is -0.137. The minimum atomic E-state index is -0.886. The number of aromatic amines is 2. The maximum Gasteiger partial charge on any atom is 0.407 e. The number of rotatable bonds is 12. The molecule has 2 aliphatic carbocycles. The molecule has 8 rings (SSSR count). The Bertz CT molecular complexity index is 2220. The quantitative estimate of drug-likeness (QED) is 0.0882. The van der Waals surface area contributed by atoms with Gasteiger partial charge in [-0.05, 0) is 90.8 Å². The van der Waals surface area contributed by atoms with Crippen molar-refractivity contribution in [2.45, 2.75) is 69.7 Å². The van der Waals surface area contributed by atoms with Crippen molar-refractivity contribution in [1.82, 2.24) is 35.5 Å². The van der Waals surface area contributed by atoms with Crippen molar-refractivity contribution in [2.75, 3.05) is 26.5 Å². The predicted octanol–water partition coefficient (Wildman–Crippen LogP) is 6.59. The number of nitrogen functional groups attached to an aromatic ring is 1. The number of aromatic nitrogens is 4. The van der Waals surface area contributed by atoms with Crippen LogP contribution in [0.5, 0.6) is 0 Å². The van der Waals surface area contributed by atoms with Gasteiger partial charge in [0, 0.05) is 31.8 Å². The molecule has 2 aromatic heterocycles. The predicted molar refractivity (Wildman–Crippen MR) is 216 cm³/mol. The Hall–Kier alpha value is -5.95. The SMILES string of the molecule is COC(=O)N[C@H](C(=O)N1CCC[C@H]1c1ncc(-c2ccc(-c3ccc(-c4cnc([C@H]5C6CCC(C6)[C@@H]5C(=O)NCc5cccc(N)c5)[nH]4)cc3)cc2)[nH]1)C(C)OC. The van der Waals surface area contributed by atoms with Gasteiger partial charge in [0.15, 0.2) is 0 Å². The van der Waals surface area contributed by atoms with E-state index in [0.717, 1.165) is 77.1 Å². The van der Waals surface area contributed by atoms with Crippen molar-refractivity contribution in [3.8, 4) is 33.6 Å². The minimum absolute atomic E-state index is 0.0779. The summed E-state index contributed by atoms with van der Waals surface area (Å²) in [5.74, 6) is 2.28. The Kier molecular flexibility index (Phi) is 10.8. The lowest BCUT2D eigenvalue weighted by atomic mass is 9.78. The zero-order valence-electron chi connectivity index (χ0n) is 32.5. The van der Waals surface area contributed by atoms with Crippen molar-refractivity contribution < 1.29 is 23.9 Å². The highest BCUT2D eigenvalue weighted by Crippen LogP contribution is 2.56. The summed E-state index contributed by atoms with van der Waals surface area (Å²) in [5.41, 5.74) is 13.6. The highest BCUT2D eigenvalue weighted by Gasteiger charge is 2.52. The van der Waals surface area contributed by atoms with Crippen LogP contribution in [0.4, 0.5) is 10.5 Å². The Morgan fingerprint density at radius 1 is 0.860 bits per heavy atom. The van der Waals surface area contributed by atoms with E-state index in [1.165, 1.54) is 14.2 Å². The van der Waals surface area contributed by atoms with Crippen LogP contribution in [0, 0.1) is 17.8 Å². The van der Waals surface area contributed by atoms with E-state index in [4.69, 9.17) is 20.2 Å². The third kappa shape index (κ3) is 7.76. The van der Waals surface area contributed by atoms with Gasteiger partial charge in [-0.15, -0.1) is 0 Å². The Morgan fingerprint density at radius 3 is 2.14 bits per heavy atom. The molecule has 6 N–H and O–H groups in total. The Morgan fingerprint density at radius 2 is 1.49 bits per heavy atom. The van der Waals surface area contributed by atoms with Gasteiger partial charge in [0.1, 0.15) is 17.7 Å². The number of H-pyrrole nitrogens is 2. The van der Waals surface area contributed by atoms with E-state index >= 15 is 0 Å². The van der Waals surface area contributed by atoms with E-state index in [-0.39, 0.29) is 29.7 Å². The second-order valence-electron chi connectivity index (χ2n) is 15.6. The van der Waals surface area contributed by atoms with Crippen molar-refractivity contribution in [1.29, 1.82) is 0 Å². The summed E-state index contributed by atoms with van der Waals surface area (Å²) in [5, 5.41) is 5.82. The molecule has 3 fully saturated rings. The molecule has 3 unspecified atom stereocenters. The van der Waals surface area contributed by atoms with Crippen LogP contribution >= 0.6 is 0 Å². The van der Waals surface area contributed by atoms with Crippen LogP contribution in [0.1, 0.15) is 68.2 Å². The normalized spacial score (nSPS) is 22.3. The van der Waals surface area contributed by atoms with Crippen LogP contribution in [0.2, 0.25) is 0 Å². The summed E-state index contributed by atoms with van der Waals surface area (Å²) < 4.78 is 10.2. The van der Waals surface area contributed by atoms with Gasteiger partial charge >= 0.3 is 6.09 Å². The van der Waals surface area contributed by atoms with Crippen LogP contribution in [0.15, 0.2) is 85.2 Å². The summed E-state index contributed by atoms with van der Waals surface area (Å²) in [6, 6.07) is 23.3. The number of fused-ring (bicyclic) bond motifs is 2.